The normalized spacial score (nSPS) is 12.7. The molecular formula is C6H11IO3. The maximum absolute atomic E-state index is 10.5. The second-order valence-corrected chi connectivity index (χ2v) is 3.04. The number of rotatable bonds is 4. The first kappa shape index (κ1) is 10.2. The maximum Gasteiger partial charge on any atom is 0.345 e. The van der Waals surface area contributed by atoms with Gasteiger partial charge in [0.25, 0.3) is 0 Å². The van der Waals surface area contributed by atoms with E-state index in [0.717, 1.165) is 12.8 Å². The van der Waals surface area contributed by atoms with Crippen molar-refractivity contribution in [2.75, 3.05) is 6.61 Å². The molecule has 0 radical (unpaired) electrons. The molecular weight excluding hydrogens is 247 g/mol. The topological polar surface area (TPSA) is 46.5 Å². The predicted molar refractivity (Wildman–Crippen MR) is 45.9 cm³/mol. The van der Waals surface area contributed by atoms with Gasteiger partial charge in [0.1, 0.15) is 0 Å². The van der Waals surface area contributed by atoms with Crippen molar-refractivity contribution < 1.29 is 14.6 Å². The molecule has 0 aromatic rings. The van der Waals surface area contributed by atoms with Crippen LogP contribution in [-0.2, 0) is 9.53 Å². The van der Waals surface area contributed by atoms with Gasteiger partial charge < -0.3 is 9.84 Å². The molecule has 0 saturated heterocycles. The lowest BCUT2D eigenvalue weighted by atomic mass is 10.4. The minimum Gasteiger partial charge on any atom is -0.463 e. The summed E-state index contributed by atoms with van der Waals surface area (Å²) in [5, 5.41) is 8.63. The Balaban J connectivity index is 3.22. The summed E-state index contributed by atoms with van der Waals surface area (Å²) < 4.78 is 3.63. The first-order valence-electron chi connectivity index (χ1n) is 3.17. The van der Waals surface area contributed by atoms with Crippen LogP contribution in [0.25, 0.3) is 0 Å². The van der Waals surface area contributed by atoms with Gasteiger partial charge in [0.15, 0.2) is 0 Å². The number of hydrogen-bond acceptors (Lipinski definition) is 3. The van der Waals surface area contributed by atoms with Crippen molar-refractivity contribution in [3.8, 4) is 0 Å². The molecule has 0 unspecified atom stereocenters. The van der Waals surface area contributed by atoms with Crippen LogP contribution >= 0.6 is 22.6 Å². The second kappa shape index (κ2) is 5.91. The van der Waals surface area contributed by atoms with Crippen LogP contribution in [0, 0.1) is 0 Å². The zero-order valence-corrected chi connectivity index (χ0v) is 8.00. The van der Waals surface area contributed by atoms with Crippen LogP contribution in [0.5, 0.6) is 0 Å². The summed E-state index contributed by atoms with van der Waals surface area (Å²) in [6.45, 7) is 2.42. The number of aliphatic hydroxyl groups is 1. The third kappa shape index (κ3) is 4.99. The van der Waals surface area contributed by atoms with Crippen molar-refractivity contribution in [2.45, 2.75) is 23.9 Å². The van der Waals surface area contributed by atoms with Crippen LogP contribution in [0.4, 0.5) is 0 Å². The Morgan fingerprint density at radius 3 is 2.80 bits per heavy atom. The molecule has 60 valence electrons. The van der Waals surface area contributed by atoms with Crippen LogP contribution in [0.1, 0.15) is 19.8 Å². The van der Waals surface area contributed by atoms with Crippen LogP contribution in [0.2, 0.25) is 0 Å². The molecule has 0 bridgehead atoms. The minimum atomic E-state index is -1.02. The van der Waals surface area contributed by atoms with E-state index in [0.29, 0.717) is 6.61 Å². The second-order valence-electron chi connectivity index (χ2n) is 1.86. The summed E-state index contributed by atoms with van der Waals surface area (Å²) in [5.74, 6) is -0.547. The van der Waals surface area contributed by atoms with Crippen molar-refractivity contribution >= 4 is 28.6 Å². The number of ether oxygens (including phenoxy) is 1. The lowest BCUT2D eigenvalue weighted by Crippen LogP contribution is -2.16. The molecule has 0 spiro atoms. The third-order valence-corrected chi connectivity index (χ3v) is 1.45. The van der Waals surface area contributed by atoms with Gasteiger partial charge in [-0.15, -0.1) is 0 Å². The smallest absolute Gasteiger partial charge is 0.345 e. The number of alkyl halides is 1. The van der Waals surface area contributed by atoms with E-state index in [4.69, 9.17) is 5.11 Å². The highest BCUT2D eigenvalue weighted by Gasteiger charge is 2.10. The number of carbonyl (C=O) groups is 1. The number of carbonyl (C=O) groups excluding carboxylic acids is 1. The summed E-state index contributed by atoms with van der Waals surface area (Å²) >= 11 is 1.60. The fourth-order valence-corrected chi connectivity index (χ4v) is 0.566. The first-order valence-corrected chi connectivity index (χ1v) is 4.41. The zero-order chi connectivity index (χ0) is 7.98. The highest BCUT2D eigenvalue weighted by molar-refractivity contribution is 14.1. The average Bonchev–Trinajstić information content (AvgIpc) is 1.88. The summed E-state index contributed by atoms with van der Waals surface area (Å²) in [6, 6.07) is 0. The van der Waals surface area contributed by atoms with Gasteiger partial charge in [0, 0.05) is 0 Å². The maximum atomic E-state index is 10.5. The van der Waals surface area contributed by atoms with E-state index in [2.05, 4.69) is 4.74 Å². The summed E-state index contributed by atoms with van der Waals surface area (Å²) in [7, 11) is 0. The van der Waals surface area contributed by atoms with Crippen LogP contribution < -0.4 is 0 Å². The van der Waals surface area contributed by atoms with Gasteiger partial charge in [-0.3, -0.25) is 0 Å². The lowest BCUT2D eigenvalue weighted by molar-refractivity contribution is -0.148. The monoisotopic (exact) mass is 258 g/mol. The molecule has 1 N–H and O–H groups in total. The Bertz CT molecular complexity index is 103. The van der Waals surface area contributed by atoms with E-state index >= 15 is 0 Å². The molecule has 0 aliphatic rings. The number of halogens is 1. The highest BCUT2D eigenvalue weighted by atomic mass is 127. The largest absolute Gasteiger partial charge is 0.463 e. The Labute approximate surface area is 73.9 Å². The van der Waals surface area contributed by atoms with Gasteiger partial charge in [-0.25, -0.2) is 4.79 Å². The minimum absolute atomic E-state index is 0.412. The van der Waals surface area contributed by atoms with Crippen LogP contribution in [-0.4, -0.2) is 21.8 Å². The summed E-state index contributed by atoms with van der Waals surface area (Å²) in [5.41, 5.74) is 0. The molecule has 10 heavy (non-hydrogen) atoms. The molecule has 0 rings (SSSR count). The number of hydrogen-bond donors (Lipinski definition) is 1. The van der Waals surface area contributed by atoms with Gasteiger partial charge in [-0.1, -0.05) is 13.3 Å². The van der Waals surface area contributed by atoms with Crippen molar-refractivity contribution in [3.05, 3.63) is 0 Å². The zero-order valence-electron chi connectivity index (χ0n) is 5.84. The van der Waals surface area contributed by atoms with Gasteiger partial charge in [0.2, 0.25) is 4.11 Å². The van der Waals surface area contributed by atoms with E-state index in [1.165, 1.54) is 0 Å². The molecule has 0 aliphatic carbocycles. The Morgan fingerprint density at radius 2 is 2.40 bits per heavy atom. The fourth-order valence-electron chi connectivity index (χ4n) is 0.386. The number of esters is 1. The Morgan fingerprint density at radius 1 is 1.80 bits per heavy atom. The summed E-state index contributed by atoms with van der Waals surface area (Å²) in [4.78, 5) is 10.5. The highest BCUT2D eigenvalue weighted by Crippen LogP contribution is 1.98. The van der Waals surface area contributed by atoms with Gasteiger partial charge in [0.05, 0.1) is 6.61 Å². The molecule has 0 aromatic heterocycles. The SMILES string of the molecule is CCCCOC(=O)[C@@H](O)I. The van der Waals surface area contributed by atoms with Crippen LogP contribution in [0.3, 0.4) is 0 Å². The summed E-state index contributed by atoms with van der Waals surface area (Å²) in [6.07, 6.45) is 1.85. The lowest BCUT2D eigenvalue weighted by Gasteiger charge is -2.03. The third-order valence-electron chi connectivity index (χ3n) is 0.937. The molecule has 0 fully saturated rings. The molecule has 0 amide bonds. The standard InChI is InChI=1S/C6H11IO3/c1-2-3-4-10-6(9)5(7)8/h5,8H,2-4H2,1H3/t5-/m1/s1. The van der Waals surface area contributed by atoms with Gasteiger partial charge >= 0.3 is 5.97 Å². The number of unbranched alkanes of at least 4 members (excludes halogenated alkanes) is 1. The molecule has 4 heteroatoms. The molecule has 3 nitrogen and oxygen atoms in total. The van der Waals surface area contributed by atoms with E-state index in [-0.39, 0.29) is 0 Å². The first-order chi connectivity index (χ1) is 4.68. The van der Waals surface area contributed by atoms with E-state index in [1.54, 1.807) is 22.6 Å². The fraction of sp³-hybridized carbons (Fsp3) is 0.833. The van der Waals surface area contributed by atoms with E-state index in [1.807, 2.05) is 6.92 Å². The van der Waals surface area contributed by atoms with Crippen molar-refractivity contribution in [2.24, 2.45) is 0 Å². The Hall–Kier alpha value is 0.160. The molecule has 0 heterocycles. The van der Waals surface area contributed by atoms with Gasteiger partial charge in [-0.05, 0) is 29.0 Å². The van der Waals surface area contributed by atoms with E-state index in [9.17, 15) is 4.79 Å². The quantitative estimate of drug-likeness (QED) is 0.355. The van der Waals surface area contributed by atoms with Crippen molar-refractivity contribution in [1.29, 1.82) is 0 Å². The molecule has 1 atom stereocenters. The molecule has 0 aromatic carbocycles. The van der Waals surface area contributed by atoms with Crippen molar-refractivity contribution in [1.82, 2.24) is 0 Å². The van der Waals surface area contributed by atoms with Crippen molar-refractivity contribution in [3.63, 3.8) is 0 Å². The van der Waals surface area contributed by atoms with E-state index < -0.39 is 10.1 Å². The van der Waals surface area contributed by atoms with Gasteiger partial charge in [-0.2, -0.15) is 0 Å². The van der Waals surface area contributed by atoms with Crippen LogP contribution in [0.15, 0.2) is 0 Å². The average molecular weight is 258 g/mol. The molecule has 0 aliphatic heterocycles. The predicted octanol–water partition coefficient (Wildman–Crippen LogP) is 1.08. The number of aliphatic hydroxyl groups excluding tert-OH is 1. The Kier molecular flexibility index (Phi) is 6.00. The molecule has 0 saturated carbocycles.